The maximum Gasteiger partial charge on any atom is 0.320 e. The number of aliphatic carboxylic acids is 1. The molecule has 1 atom stereocenters. The van der Waals surface area contributed by atoms with Gasteiger partial charge in [-0.3, -0.25) is 19.5 Å². The minimum Gasteiger partial charge on any atom is -0.480 e. The monoisotopic (exact) mass is 359 g/mol. The Labute approximate surface area is 155 Å². The molecule has 2 aliphatic heterocycles. The number of carboxylic acids is 1. The lowest BCUT2D eigenvalue weighted by atomic mass is 9.76. The first-order chi connectivity index (χ1) is 12.3. The third kappa shape index (κ3) is 3.61. The van der Waals surface area contributed by atoms with Gasteiger partial charge in [-0.15, -0.1) is 0 Å². The number of rotatable bonds is 4. The quantitative estimate of drug-likeness (QED) is 0.894. The number of amides is 1. The van der Waals surface area contributed by atoms with Gasteiger partial charge in [-0.25, -0.2) is 0 Å². The first-order valence-corrected chi connectivity index (χ1v) is 9.54. The van der Waals surface area contributed by atoms with Crippen molar-refractivity contribution >= 4 is 11.9 Å². The fourth-order valence-corrected chi connectivity index (χ4v) is 4.55. The molecule has 3 rings (SSSR count). The van der Waals surface area contributed by atoms with Crippen LogP contribution in [0, 0.1) is 19.3 Å². The molecule has 1 unspecified atom stereocenters. The summed E-state index contributed by atoms with van der Waals surface area (Å²) in [6.45, 7) is 9.01. The van der Waals surface area contributed by atoms with Crippen LogP contribution in [0.15, 0.2) is 12.3 Å². The maximum atomic E-state index is 12.9. The van der Waals surface area contributed by atoms with E-state index in [0.717, 1.165) is 43.6 Å². The van der Waals surface area contributed by atoms with Crippen LogP contribution in [-0.4, -0.2) is 64.0 Å². The molecule has 1 aromatic heterocycles. The van der Waals surface area contributed by atoms with Gasteiger partial charge in [0.1, 0.15) is 6.04 Å². The van der Waals surface area contributed by atoms with Gasteiger partial charge in [-0.2, -0.15) is 0 Å². The Morgan fingerprint density at radius 2 is 2.00 bits per heavy atom. The lowest BCUT2D eigenvalue weighted by Crippen LogP contribution is -2.44. The average Bonchev–Trinajstić information content (AvgIpc) is 2.94. The number of hydrogen-bond donors (Lipinski definition) is 1. The Morgan fingerprint density at radius 3 is 2.58 bits per heavy atom. The van der Waals surface area contributed by atoms with Gasteiger partial charge < -0.3 is 10.0 Å². The highest BCUT2D eigenvalue weighted by Gasteiger charge is 2.48. The minimum absolute atomic E-state index is 0.0373. The van der Waals surface area contributed by atoms with E-state index in [9.17, 15) is 14.7 Å². The number of carboxylic acid groups (broad SMARTS) is 1. The maximum absolute atomic E-state index is 12.9. The molecule has 0 saturated carbocycles. The average molecular weight is 359 g/mol. The lowest BCUT2D eigenvalue weighted by molar-refractivity contribution is -0.142. The second-order valence-electron chi connectivity index (χ2n) is 7.96. The Kier molecular flexibility index (Phi) is 5.32. The normalized spacial score (nSPS) is 22.7. The van der Waals surface area contributed by atoms with Gasteiger partial charge in [0.05, 0.1) is 5.56 Å². The van der Waals surface area contributed by atoms with Crippen LogP contribution in [0.4, 0.5) is 0 Å². The van der Waals surface area contributed by atoms with E-state index >= 15 is 0 Å². The first kappa shape index (κ1) is 18.8. The summed E-state index contributed by atoms with van der Waals surface area (Å²) in [4.78, 5) is 32.8. The van der Waals surface area contributed by atoms with E-state index in [1.165, 1.54) is 0 Å². The van der Waals surface area contributed by atoms with Crippen LogP contribution < -0.4 is 0 Å². The van der Waals surface area contributed by atoms with Crippen LogP contribution in [0.3, 0.4) is 0 Å². The highest BCUT2D eigenvalue weighted by atomic mass is 16.4. The molecule has 0 aromatic carbocycles. The Morgan fingerprint density at radius 1 is 1.31 bits per heavy atom. The summed E-state index contributed by atoms with van der Waals surface area (Å²) < 4.78 is 0. The molecule has 142 valence electrons. The molecule has 1 spiro atoms. The molecule has 2 saturated heterocycles. The van der Waals surface area contributed by atoms with Crippen molar-refractivity contribution in [2.24, 2.45) is 5.41 Å². The second-order valence-corrected chi connectivity index (χ2v) is 7.96. The molecule has 0 bridgehead atoms. The van der Waals surface area contributed by atoms with Crippen molar-refractivity contribution in [3.8, 4) is 0 Å². The van der Waals surface area contributed by atoms with Gasteiger partial charge >= 0.3 is 5.97 Å². The number of aryl methyl sites for hydroxylation is 2. The molecule has 0 radical (unpaired) electrons. The Balaban J connectivity index is 1.67. The molecule has 6 heteroatoms. The van der Waals surface area contributed by atoms with Crippen LogP contribution in [0.2, 0.25) is 0 Å². The molecular weight excluding hydrogens is 330 g/mol. The number of hydrogen-bond acceptors (Lipinski definition) is 4. The molecular formula is C20H29N3O3. The van der Waals surface area contributed by atoms with Gasteiger partial charge in [-0.1, -0.05) is 6.92 Å². The highest BCUT2D eigenvalue weighted by molar-refractivity contribution is 5.95. The largest absolute Gasteiger partial charge is 0.480 e. The zero-order valence-corrected chi connectivity index (χ0v) is 16.0. The third-order valence-electron chi connectivity index (χ3n) is 5.99. The summed E-state index contributed by atoms with van der Waals surface area (Å²) in [5.74, 6) is -0.668. The van der Waals surface area contributed by atoms with E-state index < -0.39 is 5.97 Å². The van der Waals surface area contributed by atoms with Crippen LogP contribution >= 0.6 is 0 Å². The van der Waals surface area contributed by atoms with Gasteiger partial charge in [0.25, 0.3) is 5.91 Å². The molecule has 26 heavy (non-hydrogen) atoms. The zero-order valence-electron chi connectivity index (χ0n) is 16.0. The number of likely N-dealkylation sites (tertiary alicyclic amines) is 2. The van der Waals surface area contributed by atoms with E-state index in [-0.39, 0.29) is 17.4 Å². The standard InChI is InChI=1S/C20H29N3O3/c1-4-7-23-13-20(11-17(23)19(25)26)5-8-22(9-6-20)18(24)16-12-21-15(3)10-14(16)2/h10,12,17H,4-9,11,13H2,1-3H3,(H,25,26). The summed E-state index contributed by atoms with van der Waals surface area (Å²) in [6.07, 6.45) is 5.10. The predicted molar refractivity (Wildman–Crippen MR) is 99.2 cm³/mol. The number of carbonyl (C=O) groups excluding carboxylic acids is 1. The van der Waals surface area contributed by atoms with Crippen molar-refractivity contribution in [3.63, 3.8) is 0 Å². The van der Waals surface area contributed by atoms with Gasteiger partial charge in [0.15, 0.2) is 0 Å². The first-order valence-electron chi connectivity index (χ1n) is 9.54. The zero-order chi connectivity index (χ0) is 18.9. The fraction of sp³-hybridized carbons (Fsp3) is 0.650. The number of pyridine rings is 1. The van der Waals surface area contributed by atoms with Crippen LogP contribution in [0.1, 0.15) is 54.2 Å². The molecule has 1 amide bonds. The van der Waals surface area contributed by atoms with Gasteiger partial charge in [0, 0.05) is 31.5 Å². The van der Waals surface area contributed by atoms with E-state index in [1.807, 2.05) is 24.8 Å². The highest BCUT2D eigenvalue weighted by Crippen LogP contribution is 2.43. The second kappa shape index (κ2) is 7.35. The number of nitrogens with zero attached hydrogens (tertiary/aromatic N) is 3. The predicted octanol–water partition coefficient (Wildman–Crippen LogP) is 2.49. The third-order valence-corrected chi connectivity index (χ3v) is 5.99. The van der Waals surface area contributed by atoms with Gasteiger partial charge in [0.2, 0.25) is 0 Å². The van der Waals surface area contributed by atoms with E-state index in [2.05, 4.69) is 16.8 Å². The molecule has 2 fully saturated rings. The molecule has 1 N–H and O–H groups in total. The summed E-state index contributed by atoms with van der Waals surface area (Å²) >= 11 is 0. The number of piperidine rings is 1. The lowest BCUT2D eigenvalue weighted by Gasteiger charge is -2.39. The van der Waals surface area contributed by atoms with Crippen molar-refractivity contribution < 1.29 is 14.7 Å². The molecule has 2 aliphatic rings. The van der Waals surface area contributed by atoms with E-state index in [1.54, 1.807) is 6.20 Å². The summed E-state index contributed by atoms with van der Waals surface area (Å²) in [6, 6.07) is 1.57. The Bertz CT molecular complexity index is 696. The van der Waals surface area contributed by atoms with E-state index in [4.69, 9.17) is 0 Å². The van der Waals surface area contributed by atoms with E-state index in [0.29, 0.717) is 25.1 Å². The smallest absolute Gasteiger partial charge is 0.320 e. The van der Waals surface area contributed by atoms with Crippen molar-refractivity contribution in [1.82, 2.24) is 14.8 Å². The summed E-state index contributed by atoms with van der Waals surface area (Å²) in [5.41, 5.74) is 2.59. The van der Waals surface area contributed by atoms with Gasteiger partial charge in [-0.05, 0) is 63.1 Å². The van der Waals surface area contributed by atoms with Crippen LogP contribution in [0.5, 0.6) is 0 Å². The van der Waals surface area contributed by atoms with Crippen molar-refractivity contribution in [3.05, 3.63) is 29.1 Å². The minimum atomic E-state index is -0.713. The molecule has 3 heterocycles. The van der Waals surface area contributed by atoms with Crippen molar-refractivity contribution in [2.75, 3.05) is 26.2 Å². The molecule has 0 aliphatic carbocycles. The fourth-order valence-electron chi connectivity index (χ4n) is 4.55. The summed E-state index contributed by atoms with van der Waals surface area (Å²) in [5, 5.41) is 9.55. The molecule has 6 nitrogen and oxygen atoms in total. The summed E-state index contributed by atoms with van der Waals surface area (Å²) in [7, 11) is 0. The number of aromatic nitrogens is 1. The topological polar surface area (TPSA) is 73.7 Å². The molecule has 1 aromatic rings. The number of carbonyl (C=O) groups is 2. The van der Waals surface area contributed by atoms with Crippen molar-refractivity contribution in [2.45, 2.75) is 52.5 Å². The van der Waals surface area contributed by atoms with Crippen LogP contribution in [-0.2, 0) is 4.79 Å². The Hall–Kier alpha value is -1.95. The van der Waals surface area contributed by atoms with Crippen LogP contribution in [0.25, 0.3) is 0 Å². The van der Waals surface area contributed by atoms with Crippen molar-refractivity contribution in [1.29, 1.82) is 0 Å². The SMILES string of the molecule is CCCN1CC2(CCN(C(=O)c3cnc(C)cc3C)CC2)CC1C(=O)O.